The van der Waals surface area contributed by atoms with Crippen molar-refractivity contribution in [1.82, 2.24) is 9.88 Å². The molecule has 4 rings (SSSR count). The number of aliphatic hydroxyl groups is 1. The maximum Gasteiger partial charge on any atom is 0.179 e. The van der Waals surface area contributed by atoms with E-state index in [1.807, 2.05) is 4.90 Å². The summed E-state index contributed by atoms with van der Waals surface area (Å²) in [6.07, 6.45) is 6.32. The summed E-state index contributed by atoms with van der Waals surface area (Å²) in [5.74, 6) is 0.555. The van der Waals surface area contributed by atoms with Crippen LogP contribution < -0.4 is 0 Å². The number of benzene rings is 1. The van der Waals surface area contributed by atoms with Gasteiger partial charge in [0.05, 0.1) is 6.04 Å². The Morgan fingerprint density at radius 1 is 1.45 bits per heavy atom. The lowest BCUT2D eigenvalue weighted by atomic mass is 9.72. The van der Waals surface area contributed by atoms with E-state index in [0.717, 1.165) is 12.8 Å². The van der Waals surface area contributed by atoms with Crippen LogP contribution >= 0.6 is 0 Å². The molecule has 20 heavy (non-hydrogen) atoms. The fraction of sp³-hybridized carbons (Fsp3) is 0.438. The van der Waals surface area contributed by atoms with Crippen molar-refractivity contribution < 1.29 is 5.11 Å². The van der Waals surface area contributed by atoms with Gasteiger partial charge in [-0.25, -0.2) is 0 Å². The molecular weight excluding hydrogens is 250 g/mol. The fourth-order valence-electron chi connectivity index (χ4n) is 4.04. The molecule has 1 aromatic heterocycles. The smallest absolute Gasteiger partial charge is 0.179 e. The second-order valence-corrected chi connectivity index (χ2v) is 6.00. The number of likely N-dealkylation sites (tertiary alicyclic amines) is 1. The number of fused-ring (bicyclic) bond motifs is 2. The second-order valence-electron chi connectivity index (χ2n) is 6.00. The van der Waals surface area contributed by atoms with Crippen LogP contribution in [0.15, 0.2) is 24.4 Å². The Hall–Kier alpha value is -1.99. The fourth-order valence-corrected chi connectivity index (χ4v) is 4.04. The van der Waals surface area contributed by atoms with Crippen LogP contribution in [0.3, 0.4) is 0 Å². The number of aromatic nitrogens is 1. The Kier molecular flexibility index (Phi) is 2.51. The number of nitrogens with one attached hydrogen (secondary N) is 1. The van der Waals surface area contributed by atoms with Gasteiger partial charge in [-0.3, -0.25) is 0 Å². The highest BCUT2D eigenvalue weighted by molar-refractivity contribution is 5.88. The summed E-state index contributed by atoms with van der Waals surface area (Å²) in [7, 11) is 0. The number of hydrogen-bond acceptors (Lipinski definition) is 3. The van der Waals surface area contributed by atoms with Crippen molar-refractivity contribution in [2.45, 2.75) is 24.8 Å². The zero-order valence-corrected chi connectivity index (χ0v) is 11.2. The van der Waals surface area contributed by atoms with Gasteiger partial charge in [0.2, 0.25) is 0 Å². The lowest BCUT2D eigenvalue weighted by Gasteiger charge is -2.44. The van der Waals surface area contributed by atoms with Crippen LogP contribution in [0, 0.1) is 17.4 Å². The third-order valence-corrected chi connectivity index (χ3v) is 4.94. The number of piperidine rings is 1. The van der Waals surface area contributed by atoms with Gasteiger partial charge in [-0.15, -0.1) is 0 Å². The number of rotatable bonds is 1. The predicted octanol–water partition coefficient (Wildman–Crippen LogP) is 1.97. The maximum atomic E-state index is 9.50. The maximum absolute atomic E-state index is 9.50. The van der Waals surface area contributed by atoms with Gasteiger partial charge in [-0.2, -0.15) is 5.26 Å². The molecule has 3 atom stereocenters. The average Bonchev–Trinajstić information content (AvgIpc) is 2.91. The van der Waals surface area contributed by atoms with E-state index in [1.54, 1.807) is 0 Å². The molecule has 2 aliphatic rings. The molecule has 0 saturated carbocycles. The monoisotopic (exact) mass is 267 g/mol. The van der Waals surface area contributed by atoms with Crippen molar-refractivity contribution in [3.05, 3.63) is 35.5 Å². The van der Waals surface area contributed by atoms with Crippen molar-refractivity contribution in [3.63, 3.8) is 0 Å². The van der Waals surface area contributed by atoms with E-state index in [1.165, 1.54) is 22.0 Å². The largest absolute Gasteiger partial charge is 0.396 e. The molecule has 1 fully saturated rings. The zero-order chi connectivity index (χ0) is 13.7. The number of H-pyrrole nitrogens is 1. The first-order valence-corrected chi connectivity index (χ1v) is 7.18. The van der Waals surface area contributed by atoms with Crippen LogP contribution in [-0.4, -0.2) is 34.2 Å². The minimum absolute atomic E-state index is 0.164. The number of aromatic amines is 1. The normalized spacial score (nSPS) is 28.2. The quantitative estimate of drug-likeness (QED) is 0.776. The van der Waals surface area contributed by atoms with Crippen molar-refractivity contribution in [2.24, 2.45) is 5.92 Å². The van der Waals surface area contributed by atoms with E-state index in [9.17, 15) is 10.4 Å². The van der Waals surface area contributed by atoms with Crippen LogP contribution in [0.5, 0.6) is 0 Å². The number of aliphatic hydroxyl groups excluding tert-OH is 1. The number of hydrogen-bond donors (Lipinski definition) is 2. The van der Waals surface area contributed by atoms with E-state index in [-0.39, 0.29) is 18.6 Å². The molecule has 1 aromatic carbocycles. The van der Waals surface area contributed by atoms with Crippen molar-refractivity contribution in [1.29, 1.82) is 5.26 Å². The molecule has 1 saturated heterocycles. The van der Waals surface area contributed by atoms with Gasteiger partial charge in [0.15, 0.2) is 6.19 Å². The highest BCUT2D eigenvalue weighted by Gasteiger charge is 2.40. The topological polar surface area (TPSA) is 63.1 Å². The van der Waals surface area contributed by atoms with E-state index in [0.29, 0.717) is 12.5 Å². The first-order chi connectivity index (χ1) is 9.81. The number of nitrogens with zero attached hydrogens (tertiary/aromatic N) is 2. The van der Waals surface area contributed by atoms with Gasteiger partial charge >= 0.3 is 0 Å². The van der Waals surface area contributed by atoms with Crippen LogP contribution in [0.25, 0.3) is 10.9 Å². The highest BCUT2D eigenvalue weighted by Crippen LogP contribution is 2.44. The van der Waals surface area contributed by atoms with Crippen molar-refractivity contribution in [3.8, 4) is 6.19 Å². The van der Waals surface area contributed by atoms with Gasteiger partial charge in [0.25, 0.3) is 0 Å². The summed E-state index contributed by atoms with van der Waals surface area (Å²) in [6, 6.07) is 6.62. The average molecular weight is 267 g/mol. The Labute approximate surface area is 117 Å². The molecule has 2 aromatic rings. The summed E-state index contributed by atoms with van der Waals surface area (Å²) in [5, 5.41) is 20.3. The summed E-state index contributed by atoms with van der Waals surface area (Å²) < 4.78 is 0. The van der Waals surface area contributed by atoms with E-state index in [4.69, 9.17) is 0 Å². The van der Waals surface area contributed by atoms with Crippen molar-refractivity contribution in [2.75, 3.05) is 13.2 Å². The second kappa shape index (κ2) is 4.26. The minimum atomic E-state index is 0.164. The first-order valence-electron chi connectivity index (χ1n) is 7.18. The molecular formula is C16H17N3O. The van der Waals surface area contributed by atoms with Crippen LogP contribution in [0.2, 0.25) is 0 Å². The van der Waals surface area contributed by atoms with Gasteiger partial charge in [-0.05, 0) is 30.0 Å². The molecule has 2 heterocycles. The summed E-state index contributed by atoms with van der Waals surface area (Å²) in [4.78, 5) is 5.22. The van der Waals surface area contributed by atoms with Crippen LogP contribution in [0.1, 0.15) is 23.5 Å². The molecule has 0 bridgehead atoms. The first kappa shape index (κ1) is 11.8. The van der Waals surface area contributed by atoms with E-state index < -0.39 is 0 Å². The van der Waals surface area contributed by atoms with E-state index >= 15 is 0 Å². The Morgan fingerprint density at radius 3 is 3.15 bits per heavy atom. The van der Waals surface area contributed by atoms with E-state index in [2.05, 4.69) is 35.6 Å². The molecule has 1 aliphatic carbocycles. The van der Waals surface area contributed by atoms with Crippen molar-refractivity contribution >= 4 is 10.9 Å². The molecule has 0 radical (unpaired) electrons. The molecule has 2 N–H and O–H groups in total. The zero-order valence-electron chi connectivity index (χ0n) is 11.2. The highest BCUT2D eigenvalue weighted by atomic mass is 16.3. The van der Waals surface area contributed by atoms with Gasteiger partial charge in [0, 0.05) is 42.1 Å². The van der Waals surface area contributed by atoms with Crippen LogP contribution in [0.4, 0.5) is 0 Å². The Morgan fingerprint density at radius 2 is 2.35 bits per heavy atom. The predicted molar refractivity (Wildman–Crippen MR) is 76.0 cm³/mol. The lowest BCUT2D eigenvalue weighted by Crippen LogP contribution is -2.48. The molecule has 1 aliphatic heterocycles. The Bertz CT molecular complexity index is 699. The summed E-state index contributed by atoms with van der Waals surface area (Å²) >= 11 is 0. The van der Waals surface area contributed by atoms with Crippen LogP contribution in [-0.2, 0) is 6.42 Å². The third kappa shape index (κ3) is 1.50. The molecule has 0 spiro atoms. The summed E-state index contributed by atoms with van der Waals surface area (Å²) in [5.41, 5.74) is 3.85. The molecule has 102 valence electrons. The van der Waals surface area contributed by atoms with Gasteiger partial charge in [0.1, 0.15) is 0 Å². The SMILES string of the molecule is N#CN1CC(CO)CC2c3cccc4[nH]cc(c34)C[C@H]21. The third-order valence-electron chi connectivity index (χ3n) is 4.94. The standard InChI is InChI=1S/C16H17N3O/c17-9-19-7-10(8-20)4-13-12-2-1-3-14-16(12)11(6-18-14)5-15(13)19/h1-3,6,10,13,15,18,20H,4-5,7-8H2/t10?,13?,15-/m1/s1. The number of nitriles is 1. The molecule has 4 nitrogen and oxygen atoms in total. The molecule has 2 unspecified atom stereocenters. The van der Waals surface area contributed by atoms with Gasteiger partial charge in [-0.1, -0.05) is 12.1 Å². The van der Waals surface area contributed by atoms with Gasteiger partial charge < -0.3 is 15.0 Å². The molecule has 0 amide bonds. The summed E-state index contributed by atoms with van der Waals surface area (Å²) in [6.45, 7) is 0.848. The minimum Gasteiger partial charge on any atom is -0.396 e. The lowest BCUT2D eigenvalue weighted by molar-refractivity contribution is 0.0976. The Balaban J connectivity index is 1.86. The molecule has 4 heteroatoms.